The highest BCUT2D eigenvalue weighted by atomic mass is 16.5. The summed E-state index contributed by atoms with van der Waals surface area (Å²) in [4.78, 5) is 18.9. The van der Waals surface area contributed by atoms with E-state index in [1.165, 1.54) is 0 Å². The first kappa shape index (κ1) is 14.5. The van der Waals surface area contributed by atoms with Gasteiger partial charge in [0.05, 0.1) is 0 Å². The second-order valence-corrected chi connectivity index (χ2v) is 6.50. The number of carbonyl (C=O) groups excluding carboxylic acids is 1. The van der Waals surface area contributed by atoms with Gasteiger partial charge in [0.2, 0.25) is 11.8 Å². The zero-order valence-corrected chi connectivity index (χ0v) is 12.6. The van der Waals surface area contributed by atoms with Crippen LogP contribution in [0.2, 0.25) is 0 Å². The summed E-state index contributed by atoms with van der Waals surface area (Å²) in [7, 11) is 0. The molecule has 1 aliphatic carbocycles. The average Bonchev–Trinajstić information content (AvgIpc) is 3.07. The molecule has 1 aromatic heterocycles. The molecular weight excluding hydrogens is 268 g/mol. The summed E-state index contributed by atoms with van der Waals surface area (Å²) in [5, 5.41) is 3.96. The molecule has 2 fully saturated rings. The van der Waals surface area contributed by atoms with Crippen molar-refractivity contribution in [3.63, 3.8) is 0 Å². The van der Waals surface area contributed by atoms with Crippen molar-refractivity contribution in [1.29, 1.82) is 0 Å². The van der Waals surface area contributed by atoms with Gasteiger partial charge in [-0.05, 0) is 38.0 Å². The van der Waals surface area contributed by atoms with Crippen molar-refractivity contribution in [3.05, 3.63) is 11.7 Å². The molecular formula is C15H24N4O2. The highest BCUT2D eigenvalue weighted by molar-refractivity contribution is 5.79. The van der Waals surface area contributed by atoms with Crippen molar-refractivity contribution >= 4 is 5.91 Å². The number of carbonyl (C=O) groups is 1. The van der Waals surface area contributed by atoms with Crippen LogP contribution in [0, 0.1) is 18.8 Å². The minimum Gasteiger partial charge on any atom is -0.342 e. The third-order valence-electron chi connectivity index (χ3n) is 4.69. The van der Waals surface area contributed by atoms with Crippen LogP contribution >= 0.6 is 0 Å². The molecule has 6 nitrogen and oxygen atoms in total. The summed E-state index contributed by atoms with van der Waals surface area (Å²) in [6.07, 6.45) is 5.77. The van der Waals surface area contributed by atoms with Gasteiger partial charge < -0.3 is 15.2 Å². The third kappa shape index (κ3) is 3.43. The maximum absolute atomic E-state index is 12.6. The van der Waals surface area contributed by atoms with Gasteiger partial charge >= 0.3 is 0 Å². The van der Waals surface area contributed by atoms with E-state index < -0.39 is 0 Å². The smallest absolute Gasteiger partial charge is 0.225 e. The Bertz CT molecular complexity index is 502. The topological polar surface area (TPSA) is 85.2 Å². The molecule has 3 unspecified atom stereocenters. The summed E-state index contributed by atoms with van der Waals surface area (Å²) >= 11 is 0. The maximum atomic E-state index is 12.6. The largest absolute Gasteiger partial charge is 0.342 e. The van der Waals surface area contributed by atoms with Gasteiger partial charge in [-0.2, -0.15) is 4.98 Å². The van der Waals surface area contributed by atoms with Crippen LogP contribution in [0.5, 0.6) is 0 Å². The van der Waals surface area contributed by atoms with Crippen molar-refractivity contribution in [3.8, 4) is 0 Å². The Morgan fingerprint density at radius 1 is 1.43 bits per heavy atom. The molecule has 6 heteroatoms. The monoisotopic (exact) mass is 292 g/mol. The summed E-state index contributed by atoms with van der Waals surface area (Å²) in [6, 6.07) is 0.210. The molecule has 1 aliphatic heterocycles. The third-order valence-corrected chi connectivity index (χ3v) is 4.69. The van der Waals surface area contributed by atoms with Crippen LogP contribution in [0.3, 0.4) is 0 Å². The summed E-state index contributed by atoms with van der Waals surface area (Å²) in [6.45, 7) is 3.50. The molecule has 1 saturated heterocycles. The van der Waals surface area contributed by atoms with E-state index in [2.05, 4.69) is 10.1 Å². The fraction of sp³-hybridized carbons (Fsp3) is 0.800. The first-order valence-corrected chi connectivity index (χ1v) is 7.95. The van der Waals surface area contributed by atoms with Crippen molar-refractivity contribution < 1.29 is 9.32 Å². The summed E-state index contributed by atoms with van der Waals surface area (Å²) in [5.41, 5.74) is 5.93. The Morgan fingerprint density at radius 3 is 2.95 bits per heavy atom. The predicted octanol–water partition coefficient (Wildman–Crippen LogP) is 1.29. The van der Waals surface area contributed by atoms with E-state index in [1.807, 2.05) is 4.90 Å². The van der Waals surface area contributed by atoms with Gasteiger partial charge in [0.15, 0.2) is 5.82 Å². The molecule has 2 heterocycles. The van der Waals surface area contributed by atoms with Crippen molar-refractivity contribution in [1.82, 2.24) is 15.0 Å². The molecule has 0 radical (unpaired) electrons. The SMILES string of the molecule is Cc1nc(CC2CCCN(C(=O)C3CCC(N)C3)C2)no1. The minimum absolute atomic E-state index is 0.145. The number of aromatic nitrogens is 2. The van der Waals surface area contributed by atoms with E-state index in [9.17, 15) is 4.79 Å². The van der Waals surface area contributed by atoms with Gasteiger partial charge in [0.1, 0.15) is 0 Å². The van der Waals surface area contributed by atoms with Crippen LogP contribution in [-0.2, 0) is 11.2 Å². The lowest BCUT2D eigenvalue weighted by atomic mass is 9.93. The first-order chi connectivity index (χ1) is 10.1. The molecule has 2 N–H and O–H groups in total. The number of nitrogens with zero attached hydrogens (tertiary/aromatic N) is 3. The molecule has 2 aliphatic rings. The molecule has 0 spiro atoms. The minimum atomic E-state index is 0.145. The lowest BCUT2D eigenvalue weighted by Gasteiger charge is -2.34. The molecule has 0 bridgehead atoms. The zero-order valence-electron chi connectivity index (χ0n) is 12.6. The van der Waals surface area contributed by atoms with Crippen molar-refractivity contribution in [2.45, 2.75) is 51.5 Å². The highest BCUT2D eigenvalue weighted by Gasteiger charge is 2.33. The van der Waals surface area contributed by atoms with Crippen LogP contribution in [0.1, 0.15) is 43.8 Å². The summed E-state index contributed by atoms with van der Waals surface area (Å²) in [5.74, 6) is 2.25. The molecule has 1 amide bonds. The van der Waals surface area contributed by atoms with E-state index >= 15 is 0 Å². The maximum Gasteiger partial charge on any atom is 0.225 e. The second-order valence-electron chi connectivity index (χ2n) is 6.50. The van der Waals surface area contributed by atoms with Crippen LogP contribution in [0.25, 0.3) is 0 Å². The van der Waals surface area contributed by atoms with Gasteiger partial charge in [0.25, 0.3) is 0 Å². The molecule has 21 heavy (non-hydrogen) atoms. The van der Waals surface area contributed by atoms with E-state index in [1.54, 1.807) is 6.92 Å². The Morgan fingerprint density at radius 2 is 2.29 bits per heavy atom. The number of hydrogen-bond acceptors (Lipinski definition) is 5. The van der Waals surface area contributed by atoms with Gasteiger partial charge in [-0.3, -0.25) is 4.79 Å². The quantitative estimate of drug-likeness (QED) is 0.907. The fourth-order valence-electron chi connectivity index (χ4n) is 3.61. The molecule has 116 valence electrons. The van der Waals surface area contributed by atoms with Crippen LogP contribution in [-0.4, -0.2) is 40.1 Å². The Kier molecular flexibility index (Phi) is 4.24. The van der Waals surface area contributed by atoms with Crippen LogP contribution in [0.15, 0.2) is 4.52 Å². The number of aryl methyl sites for hydroxylation is 1. The predicted molar refractivity (Wildman–Crippen MR) is 77.4 cm³/mol. The average molecular weight is 292 g/mol. The lowest BCUT2D eigenvalue weighted by molar-refractivity contribution is -0.137. The van der Waals surface area contributed by atoms with Crippen molar-refractivity contribution in [2.75, 3.05) is 13.1 Å². The van der Waals surface area contributed by atoms with E-state index in [4.69, 9.17) is 10.3 Å². The van der Waals surface area contributed by atoms with Gasteiger partial charge in [-0.1, -0.05) is 5.16 Å². The standard InChI is InChI=1S/C15H24N4O2/c1-10-17-14(18-21-10)7-11-3-2-6-19(9-11)15(20)12-4-5-13(16)8-12/h11-13H,2-9,16H2,1H3. The fourth-order valence-corrected chi connectivity index (χ4v) is 3.61. The molecule has 3 atom stereocenters. The van der Waals surface area contributed by atoms with Gasteiger partial charge in [-0.15, -0.1) is 0 Å². The second kappa shape index (κ2) is 6.13. The molecule has 0 aromatic carbocycles. The van der Waals surface area contributed by atoms with Gasteiger partial charge in [-0.25, -0.2) is 0 Å². The van der Waals surface area contributed by atoms with E-state index in [-0.39, 0.29) is 12.0 Å². The lowest BCUT2D eigenvalue weighted by Crippen LogP contribution is -2.43. The van der Waals surface area contributed by atoms with Crippen molar-refractivity contribution in [2.24, 2.45) is 17.6 Å². The Labute approximate surface area is 125 Å². The molecule has 3 rings (SSSR count). The highest BCUT2D eigenvalue weighted by Crippen LogP contribution is 2.28. The first-order valence-electron chi connectivity index (χ1n) is 7.95. The van der Waals surface area contributed by atoms with Gasteiger partial charge in [0, 0.05) is 38.4 Å². The van der Waals surface area contributed by atoms with E-state index in [0.717, 1.165) is 57.4 Å². The Hall–Kier alpha value is -1.43. The molecule has 1 aromatic rings. The summed E-state index contributed by atoms with van der Waals surface area (Å²) < 4.78 is 5.02. The molecule has 1 saturated carbocycles. The number of likely N-dealkylation sites (tertiary alicyclic amines) is 1. The number of amides is 1. The number of rotatable bonds is 3. The normalized spacial score (nSPS) is 29.8. The van der Waals surface area contributed by atoms with Crippen LogP contribution < -0.4 is 5.73 Å². The number of hydrogen-bond donors (Lipinski definition) is 1. The van der Waals surface area contributed by atoms with Crippen LogP contribution in [0.4, 0.5) is 0 Å². The van der Waals surface area contributed by atoms with E-state index in [0.29, 0.717) is 17.7 Å². The zero-order chi connectivity index (χ0) is 14.8. The Balaban J connectivity index is 1.56. The number of nitrogens with two attached hydrogens (primary N) is 1. The number of piperidine rings is 1.